The molecule has 5 nitrogen and oxygen atoms in total. The zero-order valence-electron chi connectivity index (χ0n) is 24.6. The molecule has 0 spiro atoms. The van der Waals surface area contributed by atoms with E-state index in [1.807, 2.05) is 6.92 Å². The SMILES string of the molecule is C=C(C)C(=O)OC([SiH3])(O[Si](CC)(CC)CC)C(C)(O[Si](CC)(CC)CC)O[Si](CC)(CC)CC. The van der Waals surface area contributed by atoms with Gasteiger partial charge in [0.25, 0.3) is 0 Å². The van der Waals surface area contributed by atoms with Crippen LogP contribution in [0.4, 0.5) is 0 Å². The molecule has 0 aromatic carbocycles. The normalized spacial score (nSPS) is 15.3. The van der Waals surface area contributed by atoms with Gasteiger partial charge in [0.2, 0.25) is 11.2 Å². The first-order chi connectivity index (χ1) is 15.7. The lowest BCUT2D eigenvalue weighted by molar-refractivity contribution is -0.286. The quantitative estimate of drug-likeness (QED) is 0.0806. The van der Waals surface area contributed by atoms with Crippen molar-refractivity contribution in [3.05, 3.63) is 12.2 Å². The van der Waals surface area contributed by atoms with Crippen LogP contribution in [0, 0.1) is 0 Å². The van der Waals surface area contributed by atoms with Crippen molar-refractivity contribution in [3.63, 3.8) is 0 Å². The minimum atomic E-state index is -2.18. The Bertz CT molecular complexity index is 598. The first kappa shape index (κ1) is 34.0. The van der Waals surface area contributed by atoms with Crippen molar-refractivity contribution in [2.75, 3.05) is 0 Å². The number of ether oxygens (including phenoxy) is 1. The van der Waals surface area contributed by atoms with Crippen LogP contribution in [-0.4, -0.2) is 52.4 Å². The number of hydrogen-bond acceptors (Lipinski definition) is 5. The Hall–Kier alpha value is -0.0425. The smallest absolute Gasteiger partial charge is 0.335 e. The Kier molecular flexibility index (Phi) is 14.0. The van der Waals surface area contributed by atoms with E-state index in [0.717, 1.165) is 54.4 Å². The Morgan fingerprint density at radius 3 is 1.18 bits per heavy atom. The third-order valence-corrected chi connectivity index (χ3v) is 24.3. The van der Waals surface area contributed by atoms with Gasteiger partial charge in [-0.3, -0.25) is 0 Å². The summed E-state index contributed by atoms with van der Waals surface area (Å²) in [7, 11) is -6.03. The molecule has 34 heavy (non-hydrogen) atoms. The maximum Gasteiger partial charge on any atom is 0.335 e. The lowest BCUT2D eigenvalue weighted by Gasteiger charge is -2.54. The second kappa shape index (κ2) is 14.0. The molecule has 0 N–H and O–H groups in total. The van der Waals surface area contributed by atoms with Crippen molar-refractivity contribution in [2.24, 2.45) is 0 Å². The largest absolute Gasteiger partial charge is 0.430 e. The fraction of sp³-hybridized carbons (Fsp3) is 0.880. The molecule has 0 aliphatic heterocycles. The highest BCUT2D eigenvalue weighted by atomic mass is 28.4. The van der Waals surface area contributed by atoms with E-state index in [-0.39, 0.29) is 0 Å². The van der Waals surface area contributed by atoms with Crippen LogP contribution in [-0.2, 0) is 22.8 Å². The second-order valence-electron chi connectivity index (χ2n) is 10.1. The molecule has 0 aromatic rings. The first-order valence-corrected chi connectivity index (χ1v) is 22.3. The summed E-state index contributed by atoms with van der Waals surface area (Å²) in [5.41, 5.74) is -0.856. The van der Waals surface area contributed by atoms with E-state index >= 15 is 0 Å². The average Bonchev–Trinajstić information content (AvgIpc) is 2.84. The standard InChI is InChI=1S/C25H56O5Si4/c1-13-32(14-2,15-3)28-24(12,29-33(16-4,17-5)18-6)25(31,27-23(26)22(10)11)30-34(19-7,20-8)21-9/h10,13-21H2,1-9,11-12,31H3. The van der Waals surface area contributed by atoms with E-state index in [2.05, 4.69) is 68.9 Å². The maximum absolute atomic E-state index is 13.1. The molecular weight excluding hydrogens is 493 g/mol. The zero-order chi connectivity index (χ0) is 26.8. The summed E-state index contributed by atoms with van der Waals surface area (Å²) >= 11 is 0. The molecule has 0 aromatic heterocycles. The van der Waals surface area contributed by atoms with Crippen LogP contribution in [0.25, 0.3) is 0 Å². The summed E-state index contributed by atoms with van der Waals surface area (Å²) in [5, 5.41) is 0. The third kappa shape index (κ3) is 7.73. The Labute approximate surface area is 217 Å². The van der Waals surface area contributed by atoms with Crippen molar-refractivity contribution in [1.82, 2.24) is 0 Å². The Morgan fingerprint density at radius 1 is 0.676 bits per heavy atom. The summed E-state index contributed by atoms with van der Waals surface area (Å²) in [6, 6.07) is 8.80. The molecule has 0 radical (unpaired) electrons. The van der Waals surface area contributed by atoms with Gasteiger partial charge in [0.05, 0.1) is 10.2 Å². The van der Waals surface area contributed by atoms with E-state index in [4.69, 9.17) is 18.0 Å². The van der Waals surface area contributed by atoms with Crippen molar-refractivity contribution in [2.45, 2.75) is 142 Å². The fourth-order valence-corrected chi connectivity index (χ4v) is 16.0. The topological polar surface area (TPSA) is 54.0 Å². The summed E-state index contributed by atoms with van der Waals surface area (Å²) < 4.78 is 27.9. The van der Waals surface area contributed by atoms with Gasteiger partial charge in [-0.05, 0) is 68.2 Å². The minimum absolute atomic E-state index is 0.373. The predicted molar refractivity (Wildman–Crippen MR) is 157 cm³/mol. The first-order valence-electron chi connectivity index (χ1n) is 13.7. The van der Waals surface area contributed by atoms with E-state index in [9.17, 15) is 4.79 Å². The molecule has 0 aliphatic carbocycles. The van der Waals surface area contributed by atoms with Crippen molar-refractivity contribution >= 4 is 41.2 Å². The Morgan fingerprint density at radius 2 is 0.941 bits per heavy atom. The molecule has 0 amide bonds. The number of hydrogen-bond donors (Lipinski definition) is 0. The van der Waals surface area contributed by atoms with Gasteiger partial charge in [-0.15, -0.1) is 0 Å². The molecule has 9 heteroatoms. The van der Waals surface area contributed by atoms with Crippen LogP contribution in [0.3, 0.4) is 0 Å². The van der Waals surface area contributed by atoms with Crippen LogP contribution >= 0.6 is 0 Å². The van der Waals surface area contributed by atoms with Gasteiger partial charge in [0, 0.05) is 5.57 Å². The van der Waals surface area contributed by atoms with Crippen molar-refractivity contribution in [3.8, 4) is 0 Å². The highest BCUT2D eigenvalue weighted by Crippen LogP contribution is 2.43. The molecular formula is C25H56O5Si4. The van der Waals surface area contributed by atoms with E-state index in [1.165, 1.54) is 0 Å². The monoisotopic (exact) mass is 548 g/mol. The van der Waals surface area contributed by atoms with E-state index in [1.54, 1.807) is 6.92 Å². The number of carbonyl (C=O) groups is 1. The van der Waals surface area contributed by atoms with Crippen LogP contribution < -0.4 is 0 Å². The lowest BCUT2D eigenvalue weighted by Crippen LogP contribution is -2.69. The van der Waals surface area contributed by atoms with Crippen LogP contribution in [0.5, 0.6) is 0 Å². The average molecular weight is 549 g/mol. The molecule has 1 atom stereocenters. The van der Waals surface area contributed by atoms with Gasteiger partial charge in [-0.1, -0.05) is 68.9 Å². The van der Waals surface area contributed by atoms with Crippen LogP contribution in [0.15, 0.2) is 12.2 Å². The van der Waals surface area contributed by atoms with Gasteiger partial charge < -0.3 is 18.0 Å². The van der Waals surface area contributed by atoms with Crippen LogP contribution in [0.2, 0.25) is 54.4 Å². The number of rotatable bonds is 18. The summed E-state index contributed by atoms with van der Waals surface area (Å²) in [4.78, 5) is 13.1. The Balaban J connectivity index is 7.13. The zero-order valence-corrected chi connectivity index (χ0v) is 29.6. The second-order valence-corrected chi connectivity index (χ2v) is 25.5. The van der Waals surface area contributed by atoms with Crippen LogP contribution in [0.1, 0.15) is 76.2 Å². The molecule has 0 fully saturated rings. The molecule has 0 heterocycles. The summed E-state index contributed by atoms with van der Waals surface area (Å²) in [5.74, 6) is -1.56. The number of esters is 1. The molecule has 0 saturated carbocycles. The molecule has 202 valence electrons. The maximum atomic E-state index is 13.1. The van der Waals surface area contributed by atoms with Gasteiger partial charge in [0.15, 0.2) is 25.0 Å². The molecule has 0 saturated heterocycles. The third-order valence-electron chi connectivity index (χ3n) is 8.49. The predicted octanol–water partition coefficient (Wildman–Crippen LogP) is 6.91. The fourth-order valence-electron chi connectivity index (χ4n) is 4.82. The minimum Gasteiger partial charge on any atom is -0.430 e. The van der Waals surface area contributed by atoms with Gasteiger partial charge in [-0.2, -0.15) is 0 Å². The lowest BCUT2D eigenvalue weighted by atomic mass is 10.3. The highest BCUT2D eigenvalue weighted by Gasteiger charge is 2.59. The number of carbonyl (C=O) groups excluding carboxylic acids is 1. The van der Waals surface area contributed by atoms with Gasteiger partial charge in [0.1, 0.15) is 0 Å². The summed E-state index contributed by atoms with van der Waals surface area (Å²) in [6.45, 7) is 27.5. The summed E-state index contributed by atoms with van der Waals surface area (Å²) in [6.07, 6.45) is 0. The van der Waals surface area contributed by atoms with Crippen molar-refractivity contribution < 1.29 is 22.8 Å². The molecule has 0 aliphatic rings. The van der Waals surface area contributed by atoms with E-state index < -0.39 is 42.1 Å². The molecule has 0 rings (SSSR count). The molecule has 0 bridgehead atoms. The molecule has 1 unspecified atom stereocenters. The van der Waals surface area contributed by atoms with Gasteiger partial charge >= 0.3 is 5.97 Å². The van der Waals surface area contributed by atoms with E-state index in [0.29, 0.717) is 15.8 Å². The van der Waals surface area contributed by atoms with Crippen molar-refractivity contribution in [1.29, 1.82) is 0 Å². The van der Waals surface area contributed by atoms with Gasteiger partial charge in [-0.25, -0.2) is 4.79 Å². The highest BCUT2D eigenvalue weighted by molar-refractivity contribution is 6.75.